The van der Waals surface area contributed by atoms with E-state index >= 15 is 0 Å². The number of hydrogen-bond acceptors (Lipinski definition) is 3. The molecule has 1 rings (SSSR count). The molecule has 0 aliphatic rings. The summed E-state index contributed by atoms with van der Waals surface area (Å²) in [6, 6.07) is 1.18. The van der Waals surface area contributed by atoms with E-state index in [1.54, 1.807) is 41.5 Å². The number of carbonyl (C=O) groups excluding carboxylic acids is 1. The number of ketones is 1. The summed E-state index contributed by atoms with van der Waals surface area (Å²) in [6.07, 6.45) is 0. The van der Waals surface area contributed by atoms with Gasteiger partial charge in [0.05, 0.1) is 5.56 Å². The van der Waals surface area contributed by atoms with E-state index in [0.717, 1.165) is 6.07 Å². The van der Waals surface area contributed by atoms with Gasteiger partial charge >= 0.3 is 0 Å². The van der Waals surface area contributed by atoms with Crippen LogP contribution in [-0.4, -0.2) is 19.7 Å². The smallest absolute Gasteiger partial charge is 0.243 e. The quantitative estimate of drug-likeness (QED) is 0.864. The van der Waals surface area contributed by atoms with Crippen molar-refractivity contribution in [1.82, 2.24) is 4.72 Å². The normalized spacial score (nSPS) is 13.3. The van der Waals surface area contributed by atoms with Crippen LogP contribution in [0, 0.1) is 17.0 Å². The zero-order valence-corrected chi connectivity index (χ0v) is 14.4. The molecule has 0 amide bonds. The second-order valence-corrected chi connectivity index (χ2v) is 8.85. The van der Waals surface area contributed by atoms with Gasteiger partial charge in [0.2, 0.25) is 10.0 Å². The minimum Gasteiger partial charge on any atom is -0.293 e. The number of hydrogen-bond donors (Lipinski definition) is 1. The van der Waals surface area contributed by atoms with Gasteiger partial charge in [0.25, 0.3) is 0 Å². The highest BCUT2D eigenvalue weighted by molar-refractivity contribution is 7.89. The molecule has 0 aliphatic heterocycles. The molecule has 4 nitrogen and oxygen atoms in total. The Labute approximate surface area is 130 Å². The second kappa shape index (κ2) is 5.70. The van der Waals surface area contributed by atoms with Gasteiger partial charge in [0.15, 0.2) is 5.78 Å². The Balaban J connectivity index is 3.50. The fourth-order valence-corrected chi connectivity index (χ4v) is 3.28. The van der Waals surface area contributed by atoms with Crippen molar-refractivity contribution in [3.63, 3.8) is 0 Å². The number of nitrogens with one attached hydrogen (secondary N) is 1. The predicted molar refractivity (Wildman–Crippen MR) is 80.2 cm³/mol. The molecule has 0 atom stereocenters. The van der Waals surface area contributed by atoms with Crippen LogP contribution in [0.1, 0.15) is 51.9 Å². The summed E-state index contributed by atoms with van der Waals surface area (Å²) in [5.41, 5.74) is -2.20. The minimum atomic E-state index is -4.21. The molecule has 124 valence electrons. The number of sulfonamides is 1. The zero-order valence-electron chi connectivity index (χ0n) is 13.5. The first kappa shape index (κ1) is 18.7. The number of Topliss-reactive ketones (excluding diaryl/α,β-unsaturated/α-hetero) is 1. The van der Waals surface area contributed by atoms with Gasteiger partial charge in [-0.2, -0.15) is 0 Å². The first-order valence-electron chi connectivity index (χ1n) is 6.73. The molecular weight excluding hydrogens is 312 g/mol. The predicted octanol–water partition coefficient (Wildman–Crippen LogP) is 3.27. The molecule has 0 spiro atoms. The molecule has 22 heavy (non-hydrogen) atoms. The van der Waals surface area contributed by atoms with Crippen molar-refractivity contribution in [2.75, 3.05) is 0 Å². The zero-order chi connectivity index (χ0) is 17.5. The summed E-state index contributed by atoms with van der Waals surface area (Å²) in [4.78, 5) is 11.4. The van der Waals surface area contributed by atoms with Crippen molar-refractivity contribution in [2.45, 2.75) is 52.0 Å². The van der Waals surface area contributed by atoms with E-state index in [2.05, 4.69) is 4.72 Å². The van der Waals surface area contributed by atoms with Crippen LogP contribution in [0.25, 0.3) is 0 Å². The van der Waals surface area contributed by atoms with E-state index in [-0.39, 0.29) is 0 Å². The largest absolute Gasteiger partial charge is 0.293 e. The first-order valence-corrected chi connectivity index (χ1v) is 8.21. The third-order valence-electron chi connectivity index (χ3n) is 2.68. The van der Waals surface area contributed by atoms with Crippen molar-refractivity contribution in [2.24, 2.45) is 5.41 Å². The Morgan fingerprint density at radius 3 is 1.91 bits per heavy atom. The molecule has 0 saturated heterocycles. The standard InChI is InChI=1S/C15H21F2NO3S/c1-14(2,3)13(19)9-7-12(11(17)8-10(9)16)22(20,21)18-15(4,5)6/h7-8,18H,1-6H3. The lowest BCUT2D eigenvalue weighted by atomic mass is 9.86. The monoisotopic (exact) mass is 333 g/mol. The fourth-order valence-electron chi connectivity index (χ4n) is 1.77. The van der Waals surface area contributed by atoms with Crippen molar-refractivity contribution >= 4 is 15.8 Å². The summed E-state index contributed by atoms with van der Waals surface area (Å²) in [7, 11) is -4.21. The fraction of sp³-hybridized carbons (Fsp3) is 0.533. The summed E-state index contributed by atoms with van der Waals surface area (Å²) in [6.45, 7) is 9.48. The average Bonchev–Trinajstić information content (AvgIpc) is 2.22. The second-order valence-electron chi connectivity index (χ2n) is 7.20. The molecule has 0 saturated carbocycles. The van der Waals surface area contributed by atoms with Crippen LogP contribution >= 0.6 is 0 Å². The molecule has 0 unspecified atom stereocenters. The van der Waals surface area contributed by atoms with Crippen LogP contribution in [0.5, 0.6) is 0 Å². The Hall–Kier alpha value is -1.34. The van der Waals surface area contributed by atoms with Gasteiger partial charge in [-0.05, 0) is 26.8 Å². The van der Waals surface area contributed by atoms with E-state index < -0.39 is 48.9 Å². The molecule has 0 heterocycles. The SMILES string of the molecule is CC(C)(C)NS(=O)(=O)c1cc(C(=O)C(C)(C)C)c(F)cc1F. The maximum Gasteiger partial charge on any atom is 0.243 e. The van der Waals surface area contributed by atoms with Crippen LogP contribution in [0.15, 0.2) is 17.0 Å². The molecule has 1 aromatic carbocycles. The van der Waals surface area contributed by atoms with Gasteiger partial charge in [0, 0.05) is 17.0 Å². The van der Waals surface area contributed by atoms with E-state index in [1.807, 2.05) is 0 Å². The molecule has 0 aliphatic carbocycles. The summed E-state index contributed by atoms with van der Waals surface area (Å²) in [5.74, 6) is -2.91. The van der Waals surface area contributed by atoms with Crippen LogP contribution in [0.4, 0.5) is 8.78 Å². The lowest BCUT2D eigenvalue weighted by Gasteiger charge is -2.22. The van der Waals surface area contributed by atoms with Gasteiger partial charge in [0.1, 0.15) is 16.5 Å². The van der Waals surface area contributed by atoms with Crippen molar-refractivity contribution in [3.8, 4) is 0 Å². The Bertz CT molecular complexity index is 699. The molecule has 1 aromatic rings. The number of halogens is 2. The number of carbonyl (C=O) groups is 1. The van der Waals surface area contributed by atoms with Crippen LogP contribution in [-0.2, 0) is 10.0 Å². The lowest BCUT2D eigenvalue weighted by Crippen LogP contribution is -2.41. The van der Waals surface area contributed by atoms with Gasteiger partial charge in [-0.1, -0.05) is 20.8 Å². The van der Waals surface area contributed by atoms with Crippen molar-refractivity contribution in [3.05, 3.63) is 29.3 Å². The lowest BCUT2D eigenvalue weighted by molar-refractivity contribution is 0.0853. The maximum absolute atomic E-state index is 13.9. The Morgan fingerprint density at radius 2 is 1.50 bits per heavy atom. The molecule has 0 aromatic heterocycles. The van der Waals surface area contributed by atoms with Gasteiger partial charge in [-0.25, -0.2) is 21.9 Å². The molecular formula is C15H21F2NO3S. The third kappa shape index (κ3) is 4.33. The molecule has 0 fully saturated rings. The third-order valence-corrected chi connectivity index (χ3v) is 4.45. The number of rotatable bonds is 3. The highest BCUT2D eigenvalue weighted by Crippen LogP contribution is 2.27. The highest BCUT2D eigenvalue weighted by atomic mass is 32.2. The van der Waals surface area contributed by atoms with E-state index in [1.165, 1.54) is 0 Å². The van der Waals surface area contributed by atoms with Crippen LogP contribution < -0.4 is 4.72 Å². The maximum atomic E-state index is 13.9. The van der Waals surface area contributed by atoms with E-state index in [4.69, 9.17) is 0 Å². The first-order chi connectivity index (χ1) is 9.65. The van der Waals surface area contributed by atoms with Gasteiger partial charge in [-0.15, -0.1) is 0 Å². The van der Waals surface area contributed by atoms with Crippen molar-refractivity contribution in [1.29, 1.82) is 0 Å². The molecule has 0 bridgehead atoms. The molecule has 1 N–H and O–H groups in total. The molecule has 0 radical (unpaired) electrons. The van der Waals surface area contributed by atoms with E-state index in [9.17, 15) is 22.0 Å². The summed E-state index contributed by atoms with van der Waals surface area (Å²) < 4.78 is 54.5. The van der Waals surface area contributed by atoms with Crippen LogP contribution in [0.2, 0.25) is 0 Å². The van der Waals surface area contributed by atoms with Gasteiger partial charge < -0.3 is 0 Å². The highest BCUT2D eigenvalue weighted by Gasteiger charge is 2.31. The van der Waals surface area contributed by atoms with Crippen LogP contribution in [0.3, 0.4) is 0 Å². The number of benzene rings is 1. The van der Waals surface area contributed by atoms with Crippen molar-refractivity contribution < 1.29 is 22.0 Å². The van der Waals surface area contributed by atoms with Gasteiger partial charge in [-0.3, -0.25) is 4.79 Å². The van der Waals surface area contributed by atoms with E-state index in [0.29, 0.717) is 6.07 Å². The summed E-state index contributed by atoms with van der Waals surface area (Å²) >= 11 is 0. The summed E-state index contributed by atoms with van der Waals surface area (Å²) in [5, 5.41) is 0. The Morgan fingerprint density at radius 1 is 1.00 bits per heavy atom. The topological polar surface area (TPSA) is 63.2 Å². The molecule has 7 heteroatoms. The average molecular weight is 333 g/mol. The Kier molecular flexibility index (Phi) is 4.85. The minimum absolute atomic E-state index is 0.427.